The maximum absolute atomic E-state index is 12.8. The second-order valence-corrected chi connectivity index (χ2v) is 12.4. The molecule has 0 aliphatic carbocycles. The number of hydrogen-bond acceptors (Lipinski definition) is 3. The lowest BCUT2D eigenvalue weighted by atomic mass is 10.3. The molecule has 0 radical (unpaired) electrons. The van der Waals surface area contributed by atoms with E-state index in [4.69, 9.17) is 28.5 Å². The van der Waals surface area contributed by atoms with Crippen molar-refractivity contribution in [2.75, 3.05) is 30.0 Å². The van der Waals surface area contributed by atoms with Crippen LogP contribution >= 0.6 is 30.5 Å². The standard InChI is InChI=1S/C20H32Cl2NOP.CHNS/c1-4-7-12-25(13-8-5-2,14-9-6-3)16-20(24)23-19-11-10-17(21)15-18(19)22;2-1-3/h10-11,15H,4-9,12-14,16H2,1-3H3;3H. The summed E-state index contributed by atoms with van der Waals surface area (Å²) < 4.78 is 0. The summed E-state index contributed by atoms with van der Waals surface area (Å²) in [7, 11) is -1.24. The zero-order valence-electron chi connectivity index (χ0n) is 17.3. The highest BCUT2D eigenvalue weighted by atomic mass is 35.5. The predicted molar refractivity (Wildman–Crippen MR) is 129 cm³/mol. The first-order chi connectivity index (χ1) is 13.4. The lowest BCUT2D eigenvalue weighted by Crippen LogP contribution is -2.23. The number of unbranched alkanes of at least 4 members (excludes halogenated alkanes) is 3. The van der Waals surface area contributed by atoms with Crippen molar-refractivity contribution in [3.8, 4) is 5.40 Å². The first-order valence-corrected chi connectivity index (χ1v) is 13.7. The van der Waals surface area contributed by atoms with Crippen molar-refractivity contribution in [3.05, 3.63) is 28.2 Å². The number of anilines is 1. The summed E-state index contributed by atoms with van der Waals surface area (Å²) in [4.78, 5) is 12.8. The molecule has 1 amide bonds. The molecular weight excluding hydrogens is 430 g/mol. The van der Waals surface area contributed by atoms with Gasteiger partial charge in [-0.2, -0.15) is 0 Å². The highest BCUT2D eigenvalue weighted by molar-refractivity contribution is 7.76. The van der Waals surface area contributed by atoms with E-state index in [9.17, 15) is 4.79 Å². The average molecular weight is 463 g/mol. The van der Waals surface area contributed by atoms with Gasteiger partial charge < -0.3 is 17.9 Å². The molecule has 0 heterocycles. The molecule has 0 aliphatic rings. The summed E-state index contributed by atoms with van der Waals surface area (Å²) in [6.45, 7) is 6.71. The minimum atomic E-state index is -1.24. The molecule has 1 rings (SSSR count). The topological polar surface area (TPSA) is 52.9 Å². The van der Waals surface area contributed by atoms with E-state index in [0.29, 0.717) is 21.9 Å². The van der Waals surface area contributed by atoms with Gasteiger partial charge in [-0.1, -0.05) is 68.6 Å². The fourth-order valence-corrected chi connectivity index (χ4v) is 8.39. The van der Waals surface area contributed by atoms with E-state index >= 15 is 0 Å². The molecule has 0 saturated heterocycles. The van der Waals surface area contributed by atoms with Crippen LogP contribution in [-0.4, -0.2) is 30.6 Å². The molecule has 28 heavy (non-hydrogen) atoms. The number of carbonyl (C=O) groups excluding carboxylic acids is 1. The number of rotatable bonds is 12. The summed E-state index contributed by atoms with van der Waals surface area (Å²) in [6, 6.07) is 5.22. The number of nitriles is 1. The molecule has 0 saturated carbocycles. The number of thiocyanates is 1. The van der Waals surface area contributed by atoms with Crippen LogP contribution < -0.4 is 5.32 Å². The first kappa shape index (κ1) is 27.4. The largest absolute Gasteiger partial charge is 0.696 e. The monoisotopic (exact) mass is 462 g/mol. The molecule has 0 aromatic heterocycles. The van der Waals surface area contributed by atoms with Gasteiger partial charge in [0.1, 0.15) is 6.16 Å². The summed E-state index contributed by atoms with van der Waals surface area (Å²) in [5, 5.41) is 12.6. The smallest absolute Gasteiger partial charge is 0.261 e. The summed E-state index contributed by atoms with van der Waals surface area (Å²) in [6.07, 6.45) is 11.7. The van der Waals surface area contributed by atoms with Crippen LogP contribution in [0, 0.1) is 10.7 Å². The Morgan fingerprint density at radius 1 is 1.07 bits per heavy atom. The van der Waals surface area contributed by atoms with Crippen molar-refractivity contribution in [1.29, 1.82) is 5.26 Å². The van der Waals surface area contributed by atoms with Crippen LogP contribution in [-0.2, 0) is 17.4 Å². The molecule has 0 atom stereocenters. The molecule has 0 spiro atoms. The van der Waals surface area contributed by atoms with Gasteiger partial charge in [-0.15, -0.1) is 0 Å². The SMILES string of the molecule is CCCC[P+](CCCC)(CCCC)CC(=O)Nc1ccc(Cl)cc1Cl.N#C[S-]. The third-order valence-electron chi connectivity index (χ3n) is 4.64. The molecule has 1 N–H and O–H groups in total. The molecule has 3 nitrogen and oxygen atoms in total. The summed E-state index contributed by atoms with van der Waals surface area (Å²) in [5.74, 6) is 0.112. The van der Waals surface area contributed by atoms with Crippen molar-refractivity contribution in [2.24, 2.45) is 0 Å². The van der Waals surface area contributed by atoms with Crippen LogP contribution in [0.5, 0.6) is 0 Å². The molecule has 158 valence electrons. The Bertz CT molecular complexity index is 601. The Hall–Kier alpha value is -0.590. The van der Waals surface area contributed by atoms with Crippen LogP contribution in [0.3, 0.4) is 0 Å². The van der Waals surface area contributed by atoms with Crippen LogP contribution in [0.1, 0.15) is 59.3 Å². The van der Waals surface area contributed by atoms with E-state index < -0.39 is 7.26 Å². The van der Waals surface area contributed by atoms with Gasteiger partial charge in [0.2, 0.25) is 0 Å². The van der Waals surface area contributed by atoms with Crippen molar-refractivity contribution >= 4 is 54.7 Å². The zero-order valence-corrected chi connectivity index (χ0v) is 20.5. The van der Waals surface area contributed by atoms with Crippen molar-refractivity contribution in [1.82, 2.24) is 0 Å². The van der Waals surface area contributed by atoms with E-state index in [-0.39, 0.29) is 5.91 Å². The molecule has 0 fully saturated rings. The molecule has 7 heteroatoms. The van der Waals surface area contributed by atoms with Gasteiger partial charge in [0.05, 0.1) is 29.2 Å². The number of carbonyl (C=O) groups is 1. The number of nitrogens with one attached hydrogen (secondary N) is 1. The average Bonchev–Trinajstić information content (AvgIpc) is 2.66. The van der Waals surface area contributed by atoms with Gasteiger partial charge in [0.15, 0.2) is 0 Å². The van der Waals surface area contributed by atoms with E-state index in [1.807, 2.05) is 0 Å². The normalized spacial score (nSPS) is 10.6. The van der Waals surface area contributed by atoms with Crippen LogP contribution in [0.2, 0.25) is 10.0 Å². The molecule has 1 aromatic carbocycles. The van der Waals surface area contributed by atoms with Crippen LogP contribution in [0.25, 0.3) is 0 Å². The summed E-state index contributed by atoms with van der Waals surface area (Å²) in [5.41, 5.74) is 0.663. The number of amides is 1. The maximum Gasteiger partial charge on any atom is 0.261 e. The first-order valence-electron chi connectivity index (χ1n) is 9.99. The van der Waals surface area contributed by atoms with E-state index in [1.54, 1.807) is 18.2 Å². The van der Waals surface area contributed by atoms with Crippen molar-refractivity contribution in [2.45, 2.75) is 59.3 Å². The Morgan fingerprint density at radius 2 is 1.54 bits per heavy atom. The fraction of sp³-hybridized carbons (Fsp3) is 0.619. The molecule has 0 aliphatic heterocycles. The minimum Gasteiger partial charge on any atom is -0.696 e. The van der Waals surface area contributed by atoms with E-state index in [1.165, 1.54) is 62.4 Å². The Labute approximate surface area is 187 Å². The molecule has 0 unspecified atom stereocenters. The molecular formula is C21H33Cl2N2OPS. The van der Waals surface area contributed by atoms with Crippen LogP contribution in [0.4, 0.5) is 5.69 Å². The van der Waals surface area contributed by atoms with Gasteiger partial charge in [-0.25, -0.2) is 5.26 Å². The predicted octanol–water partition coefficient (Wildman–Crippen LogP) is 7.36. The van der Waals surface area contributed by atoms with Gasteiger partial charge >= 0.3 is 0 Å². The van der Waals surface area contributed by atoms with Gasteiger partial charge in [0.25, 0.3) is 5.91 Å². The highest BCUT2D eigenvalue weighted by Gasteiger charge is 2.38. The quantitative estimate of drug-likeness (QED) is 0.200. The highest BCUT2D eigenvalue weighted by Crippen LogP contribution is 2.60. The van der Waals surface area contributed by atoms with E-state index in [2.05, 4.69) is 38.7 Å². The van der Waals surface area contributed by atoms with Gasteiger partial charge in [0, 0.05) is 12.3 Å². The third kappa shape index (κ3) is 11.4. The van der Waals surface area contributed by atoms with Crippen molar-refractivity contribution < 1.29 is 4.79 Å². The Kier molecular flexibility index (Phi) is 15.9. The zero-order chi connectivity index (χ0) is 21.4. The Balaban J connectivity index is 0.00000227. The van der Waals surface area contributed by atoms with Gasteiger partial charge in [-0.3, -0.25) is 4.79 Å². The number of halogens is 2. The van der Waals surface area contributed by atoms with Crippen molar-refractivity contribution in [3.63, 3.8) is 0 Å². The summed E-state index contributed by atoms with van der Waals surface area (Å²) >= 11 is 15.8. The molecule has 1 aromatic rings. The van der Waals surface area contributed by atoms with Crippen LogP contribution in [0.15, 0.2) is 18.2 Å². The fourth-order valence-electron chi connectivity index (χ4n) is 3.14. The second-order valence-electron chi connectivity index (χ2n) is 6.99. The minimum absolute atomic E-state index is 0.112. The Morgan fingerprint density at radius 3 is 1.93 bits per heavy atom. The van der Waals surface area contributed by atoms with E-state index in [0.717, 1.165) is 0 Å². The maximum atomic E-state index is 12.8. The van der Waals surface area contributed by atoms with Gasteiger partial charge in [-0.05, 0) is 37.5 Å². The third-order valence-corrected chi connectivity index (χ3v) is 9.94. The number of benzene rings is 1. The number of hydrogen-bond donors (Lipinski definition) is 1. The lowest BCUT2D eigenvalue weighted by molar-refractivity contribution is -0.113. The number of nitrogens with zero attached hydrogens (tertiary/aromatic N) is 1. The second kappa shape index (κ2) is 16.2. The molecule has 0 bridgehead atoms. The lowest BCUT2D eigenvalue weighted by Gasteiger charge is -2.27.